The van der Waals surface area contributed by atoms with Crippen LogP contribution in [0.15, 0.2) is 70.3 Å². The van der Waals surface area contributed by atoms with E-state index in [2.05, 4.69) is 33.7 Å². The average Bonchev–Trinajstić information content (AvgIpc) is 3.25. The van der Waals surface area contributed by atoms with Crippen molar-refractivity contribution < 1.29 is 14.3 Å². The van der Waals surface area contributed by atoms with Gasteiger partial charge >= 0.3 is 5.97 Å². The second-order valence-corrected chi connectivity index (χ2v) is 9.11. The van der Waals surface area contributed by atoms with Gasteiger partial charge in [-0.1, -0.05) is 36.0 Å². The van der Waals surface area contributed by atoms with Crippen LogP contribution in [0.2, 0.25) is 0 Å². The maximum Gasteiger partial charge on any atom is 0.338 e. The average molecular weight is 557 g/mol. The lowest BCUT2D eigenvalue weighted by Crippen LogP contribution is -2.34. The minimum atomic E-state index is -0.355. The van der Waals surface area contributed by atoms with Crippen LogP contribution in [0.25, 0.3) is 0 Å². The van der Waals surface area contributed by atoms with Crippen molar-refractivity contribution in [2.24, 2.45) is 4.99 Å². The molecule has 0 aromatic heterocycles. The molecule has 0 unspecified atom stereocenters. The fraction of sp³-hybridized carbons (Fsp3) is 0.208. The molecule has 2 aromatic rings. The topological polar surface area (TPSA) is 74.9 Å². The van der Waals surface area contributed by atoms with Crippen LogP contribution < -0.4 is 4.74 Å². The zero-order valence-corrected chi connectivity index (χ0v) is 20.5. The first-order chi connectivity index (χ1) is 15.5. The summed E-state index contributed by atoms with van der Waals surface area (Å²) in [4.78, 5) is 19.4. The fourth-order valence-corrected chi connectivity index (χ4v) is 5.10. The van der Waals surface area contributed by atoms with E-state index in [4.69, 9.17) is 9.47 Å². The van der Waals surface area contributed by atoms with Gasteiger partial charge in [0.25, 0.3) is 0 Å². The van der Waals surface area contributed by atoms with E-state index in [0.29, 0.717) is 30.0 Å². The molecule has 32 heavy (non-hydrogen) atoms. The fourth-order valence-electron chi connectivity index (χ4n) is 3.61. The number of fused-ring (bicyclic) bond motifs is 1. The summed E-state index contributed by atoms with van der Waals surface area (Å²) < 4.78 is 12.3. The lowest BCUT2D eigenvalue weighted by molar-refractivity contribution is -0.139. The van der Waals surface area contributed by atoms with E-state index in [-0.39, 0.29) is 12.0 Å². The molecule has 2 heterocycles. The van der Waals surface area contributed by atoms with Crippen LogP contribution in [0.1, 0.15) is 36.6 Å². The second-order valence-electron chi connectivity index (χ2n) is 7.07. The van der Waals surface area contributed by atoms with E-state index in [1.54, 1.807) is 13.0 Å². The van der Waals surface area contributed by atoms with Gasteiger partial charge in [-0.2, -0.15) is 5.26 Å². The van der Waals surface area contributed by atoms with Gasteiger partial charge in [0.05, 0.1) is 39.1 Å². The molecule has 1 atom stereocenters. The number of amidine groups is 1. The van der Waals surface area contributed by atoms with Gasteiger partial charge < -0.3 is 14.4 Å². The first-order valence-electron chi connectivity index (χ1n) is 10.0. The van der Waals surface area contributed by atoms with Crippen molar-refractivity contribution in [3.8, 4) is 11.8 Å². The quantitative estimate of drug-likeness (QED) is 0.345. The Hall–Kier alpha value is -2.77. The van der Waals surface area contributed by atoms with E-state index in [0.717, 1.165) is 25.6 Å². The maximum atomic E-state index is 12.8. The Morgan fingerprint density at radius 2 is 2.12 bits per heavy atom. The molecule has 0 bridgehead atoms. The summed E-state index contributed by atoms with van der Waals surface area (Å²) in [7, 11) is 0. The minimum Gasteiger partial charge on any atom is -0.488 e. The molecule has 0 saturated carbocycles. The Morgan fingerprint density at radius 1 is 1.31 bits per heavy atom. The van der Waals surface area contributed by atoms with Gasteiger partial charge in [-0.05, 0) is 65.6 Å². The number of nitrogens with zero attached hydrogens (tertiary/aromatic N) is 3. The Kier molecular flexibility index (Phi) is 6.86. The number of allylic oxidation sites excluding steroid dienone is 1. The summed E-state index contributed by atoms with van der Waals surface area (Å²) in [5, 5.41) is 12.1. The van der Waals surface area contributed by atoms with E-state index in [1.807, 2.05) is 59.8 Å². The highest BCUT2D eigenvalue weighted by Gasteiger charge is 2.37. The summed E-state index contributed by atoms with van der Waals surface area (Å²) in [6.07, 6.45) is 1.94. The Bertz CT molecular complexity index is 1200. The zero-order chi connectivity index (χ0) is 22.7. The number of carbonyl (C=O) groups is 1. The van der Waals surface area contributed by atoms with Gasteiger partial charge in [-0.25, -0.2) is 9.79 Å². The van der Waals surface area contributed by atoms with Crippen LogP contribution in [-0.4, -0.2) is 22.6 Å². The SMILES string of the molecule is CCOC(=O)C1=C(C)N=C2SC=CN2[C@H]1c1ccc(OCc2ccccc2C#N)c(I)c1. The smallest absolute Gasteiger partial charge is 0.338 e. The van der Waals surface area contributed by atoms with Gasteiger partial charge in [-0.3, -0.25) is 0 Å². The number of hydrogen-bond acceptors (Lipinski definition) is 7. The predicted molar refractivity (Wildman–Crippen MR) is 133 cm³/mol. The van der Waals surface area contributed by atoms with E-state index >= 15 is 0 Å². The van der Waals surface area contributed by atoms with Gasteiger partial charge in [0, 0.05) is 11.8 Å². The van der Waals surface area contributed by atoms with Crippen LogP contribution >= 0.6 is 34.4 Å². The molecule has 2 aromatic carbocycles. The van der Waals surface area contributed by atoms with Gasteiger partial charge in [0.15, 0.2) is 5.17 Å². The number of esters is 1. The number of benzene rings is 2. The third kappa shape index (κ3) is 4.40. The van der Waals surface area contributed by atoms with Crippen molar-refractivity contribution in [3.63, 3.8) is 0 Å². The third-order valence-electron chi connectivity index (χ3n) is 5.11. The Morgan fingerprint density at radius 3 is 2.88 bits per heavy atom. The van der Waals surface area contributed by atoms with Crippen molar-refractivity contribution in [2.75, 3.05) is 6.61 Å². The molecule has 0 N–H and O–H groups in total. The lowest BCUT2D eigenvalue weighted by atomic mass is 9.95. The van der Waals surface area contributed by atoms with E-state index < -0.39 is 0 Å². The van der Waals surface area contributed by atoms with Crippen LogP contribution in [0, 0.1) is 14.9 Å². The molecule has 0 amide bonds. The number of ether oxygens (including phenoxy) is 2. The van der Waals surface area contributed by atoms with E-state index in [9.17, 15) is 10.1 Å². The first-order valence-corrected chi connectivity index (χ1v) is 12.0. The third-order valence-corrected chi connectivity index (χ3v) is 6.72. The van der Waals surface area contributed by atoms with Crippen molar-refractivity contribution in [1.29, 1.82) is 5.26 Å². The molecular weight excluding hydrogens is 537 g/mol. The summed E-state index contributed by atoms with van der Waals surface area (Å²) in [6.45, 7) is 4.25. The normalized spacial score (nSPS) is 17.0. The molecule has 0 radical (unpaired) electrons. The van der Waals surface area contributed by atoms with Crippen molar-refractivity contribution in [1.82, 2.24) is 4.90 Å². The lowest BCUT2D eigenvalue weighted by Gasteiger charge is -2.33. The molecule has 0 aliphatic carbocycles. The Balaban J connectivity index is 1.63. The molecule has 4 rings (SSSR count). The molecule has 8 heteroatoms. The standard InChI is InChI=1S/C24H20IN3O3S/c1-3-30-23(29)21-15(2)27-24-28(10-11-32-24)22(21)16-8-9-20(19(25)12-16)31-14-18-7-5-4-6-17(18)13-26/h4-12,22H,3,14H2,1-2H3/t22-/m0/s1. The number of rotatable bonds is 6. The largest absolute Gasteiger partial charge is 0.488 e. The van der Waals surface area contributed by atoms with Crippen LogP contribution in [-0.2, 0) is 16.1 Å². The van der Waals surface area contributed by atoms with Crippen molar-refractivity contribution in [3.05, 3.63) is 85.6 Å². The van der Waals surface area contributed by atoms with Gasteiger partial charge in [0.2, 0.25) is 0 Å². The first kappa shape index (κ1) is 22.4. The number of aliphatic imine (C=N–C) groups is 1. The van der Waals surface area contributed by atoms with Gasteiger partial charge in [0.1, 0.15) is 12.4 Å². The number of nitriles is 1. The zero-order valence-electron chi connectivity index (χ0n) is 17.5. The number of thioether (sulfide) groups is 1. The predicted octanol–water partition coefficient (Wildman–Crippen LogP) is 5.51. The highest BCUT2D eigenvalue weighted by Crippen LogP contribution is 2.42. The van der Waals surface area contributed by atoms with Gasteiger partial charge in [-0.15, -0.1) is 0 Å². The summed E-state index contributed by atoms with van der Waals surface area (Å²) in [5.41, 5.74) is 3.59. The summed E-state index contributed by atoms with van der Waals surface area (Å²) >= 11 is 3.76. The molecule has 2 aliphatic rings. The summed E-state index contributed by atoms with van der Waals surface area (Å²) in [6, 6.07) is 15.2. The molecule has 2 aliphatic heterocycles. The number of carbonyl (C=O) groups excluding carboxylic acids is 1. The van der Waals surface area contributed by atoms with E-state index in [1.165, 1.54) is 11.8 Å². The van der Waals surface area contributed by atoms with Crippen LogP contribution in [0.3, 0.4) is 0 Å². The second kappa shape index (κ2) is 9.79. The number of hydrogen-bond donors (Lipinski definition) is 0. The Labute approximate surface area is 204 Å². The molecule has 0 saturated heterocycles. The van der Waals surface area contributed by atoms with Crippen LogP contribution in [0.4, 0.5) is 0 Å². The minimum absolute atomic E-state index is 0.303. The van der Waals surface area contributed by atoms with Crippen LogP contribution in [0.5, 0.6) is 5.75 Å². The van der Waals surface area contributed by atoms with Crippen molar-refractivity contribution >= 4 is 45.5 Å². The monoisotopic (exact) mass is 557 g/mol. The molecule has 162 valence electrons. The highest BCUT2D eigenvalue weighted by molar-refractivity contribution is 14.1. The molecule has 0 spiro atoms. The molecule has 6 nitrogen and oxygen atoms in total. The number of halogens is 1. The molecular formula is C24H20IN3O3S. The highest BCUT2D eigenvalue weighted by atomic mass is 127. The summed E-state index contributed by atoms with van der Waals surface area (Å²) in [5.74, 6) is 0.364. The van der Waals surface area contributed by atoms with Crippen molar-refractivity contribution in [2.45, 2.75) is 26.5 Å². The molecule has 0 fully saturated rings. The maximum absolute atomic E-state index is 12.8.